The predicted octanol–water partition coefficient (Wildman–Crippen LogP) is 3.57. The number of aryl methyl sites for hydroxylation is 2. The highest BCUT2D eigenvalue weighted by Crippen LogP contribution is 2.33. The first-order valence-corrected chi connectivity index (χ1v) is 9.83. The van der Waals surface area contributed by atoms with E-state index in [0.29, 0.717) is 35.0 Å². The minimum Gasteiger partial charge on any atom is -0.382 e. The fourth-order valence-corrected chi connectivity index (χ4v) is 4.25. The molecule has 0 aliphatic carbocycles. The summed E-state index contributed by atoms with van der Waals surface area (Å²) in [6.45, 7) is 2.72. The lowest BCUT2D eigenvalue weighted by Crippen LogP contribution is -2.09. The number of nitrogens with two attached hydrogens (primary N) is 2. The third-order valence-electron chi connectivity index (χ3n) is 4.05. The zero-order chi connectivity index (χ0) is 19.4. The number of benzene rings is 1. The standard InChI is InChI=1S/C18H21ClN6OS/c1-11-7-12(19)9-13(8-11)27-18-24-15-16(21)22-10-23-17(15)25(18)6-4-2-3-5-14(20)26/h7-10H,2-6H2,1H3,(H2,20,26)(H2,21,22,23). The fourth-order valence-electron chi connectivity index (χ4n) is 2.83. The predicted molar refractivity (Wildman–Crippen MR) is 108 cm³/mol. The molecule has 0 unspecified atom stereocenters. The first-order chi connectivity index (χ1) is 12.9. The number of carbonyl (C=O) groups is 1. The van der Waals surface area contributed by atoms with Gasteiger partial charge in [-0.25, -0.2) is 15.0 Å². The number of unbranched alkanes of at least 4 members (excludes halogenated alkanes) is 2. The van der Waals surface area contributed by atoms with Gasteiger partial charge in [-0.2, -0.15) is 0 Å². The Morgan fingerprint density at radius 1 is 1.22 bits per heavy atom. The number of fused-ring (bicyclic) bond motifs is 1. The molecule has 1 amide bonds. The molecule has 2 heterocycles. The van der Waals surface area contributed by atoms with Crippen LogP contribution in [0, 0.1) is 6.92 Å². The lowest BCUT2D eigenvalue weighted by atomic mass is 10.2. The number of carbonyl (C=O) groups excluding carboxylic acids is 1. The molecule has 0 fully saturated rings. The van der Waals surface area contributed by atoms with E-state index in [0.717, 1.165) is 34.9 Å². The van der Waals surface area contributed by atoms with Gasteiger partial charge >= 0.3 is 0 Å². The quantitative estimate of drug-likeness (QED) is 0.555. The molecule has 0 aliphatic rings. The number of hydrogen-bond donors (Lipinski definition) is 2. The summed E-state index contributed by atoms with van der Waals surface area (Å²) < 4.78 is 2.04. The van der Waals surface area contributed by atoms with Crippen molar-refractivity contribution in [2.45, 2.75) is 49.2 Å². The van der Waals surface area contributed by atoms with E-state index in [1.165, 1.54) is 18.1 Å². The summed E-state index contributed by atoms with van der Waals surface area (Å²) >= 11 is 7.70. The van der Waals surface area contributed by atoms with Gasteiger partial charge in [-0.1, -0.05) is 29.8 Å². The molecule has 2 aromatic heterocycles. The van der Waals surface area contributed by atoms with Crippen LogP contribution >= 0.6 is 23.4 Å². The first kappa shape index (κ1) is 19.4. The second-order valence-corrected chi connectivity index (χ2v) is 7.80. The molecule has 0 spiro atoms. The number of aromatic nitrogens is 4. The number of anilines is 1. The Balaban J connectivity index is 1.86. The topological polar surface area (TPSA) is 113 Å². The van der Waals surface area contributed by atoms with E-state index in [9.17, 15) is 4.79 Å². The summed E-state index contributed by atoms with van der Waals surface area (Å²) in [6.07, 6.45) is 4.40. The summed E-state index contributed by atoms with van der Waals surface area (Å²) in [4.78, 5) is 24.9. The maximum Gasteiger partial charge on any atom is 0.217 e. The Hall–Kier alpha value is -2.32. The number of nitrogens with zero attached hydrogens (tertiary/aromatic N) is 4. The average molecular weight is 405 g/mol. The van der Waals surface area contributed by atoms with Gasteiger partial charge in [0.15, 0.2) is 22.1 Å². The van der Waals surface area contributed by atoms with Crippen molar-refractivity contribution in [2.75, 3.05) is 5.73 Å². The molecule has 3 aromatic rings. The highest BCUT2D eigenvalue weighted by atomic mass is 35.5. The van der Waals surface area contributed by atoms with Gasteiger partial charge in [0.05, 0.1) is 0 Å². The van der Waals surface area contributed by atoms with Gasteiger partial charge in [-0.05, 0) is 43.5 Å². The molecule has 3 rings (SSSR count). The molecule has 142 valence electrons. The van der Waals surface area contributed by atoms with Crippen LogP contribution in [0.25, 0.3) is 11.2 Å². The molecule has 0 radical (unpaired) electrons. The van der Waals surface area contributed by atoms with Crippen molar-refractivity contribution in [3.8, 4) is 0 Å². The van der Waals surface area contributed by atoms with Crippen LogP contribution in [0.1, 0.15) is 31.2 Å². The normalized spacial score (nSPS) is 11.2. The first-order valence-electron chi connectivity index (χ1n) is 8.64. The Morgan fingerprint density at radius 2 is 2.04 bits per heavy atom. The van der Waals surface area contributed by atoms with E-state index < -0.39 is 0 Å². The zero-order valence-corrected chi connectivity index (χ0v) is 16.6. The van der Waals surface area contributed by atoms with E-state index in [1.54, 1.807) is 0 Å². The van der Waals surface area contributed by atoms with Gasteiger partial charge < -0.3 is 16.0 Å². The molecule has 0 atom stereocenters. The van der Waals surface area contributed by atoms with Gasteiger partial charge in [0.25, 0.3) is 0 Å². The molecule has 27 heavy (non-hydrogen) atoms. The summed E-state index contributed by atoms with van der Waals surface area (Å²) in [5, 5.41) is 1.47. The molecule has 0 saturated carbocycles. The van der Waals surface area contributed by atoms with Crippen molar-refractivity contribution in [1.82, 2.24) is 19.5 Å². The largest absolute Gasteiger partial charge is 0.382 e. The fraction of sp³-hybridized carbons (Fsp3) is 0.333. The summed E-state index contributed by atoms with van der Waals surface area (Å²) in [5.41, 5.74) is 13.6. The van der Waals surface area contributed by atoms with Crippen molar-refractivity contribution in [3.05, 3.63) is 35.1 Å². The van der Waals surface area contributed by atoms with E-state index in [-0.39, 0.29) is 5.91 Å². The molecule has 0 bridgehead atoms. The summed E-state index contributed by atoms with van der Waals surface area (Å²) in [6, 6.07) is 5.88. The van der Waals surface area contributed by atoms with Crippen molar-refractivity contribution in [2.24, 2.45) is 5.73 Å². The maximum absolute atomic E-state index is 10.9. The van der Waals surface area contributed by atoms with E-state index >= 15 is 0 Å². The summed E-state index contributed by atoms with van der Waals surface area (Å²) in [7, 11) is 0. The molecule has 1 aromatic carbocycles. The van der Waals surface area contributed by atoms with E-state index in [1.807, 2.05) is 23.6 Å². The van der Waals surface area contributed by atoms with Crippen molar-refractivity contribution < 1.29 is 4.79 Å². The van der Waals surface area contributed by atoms with Crippen LogP contribution in [0.4, 0.5) is 5.82 Å². The third-order valence-corrected chi connectivity index (χ3v) is 5.24. The number of imidazole rings is 1. The van der Waals surface area contributed by atoms with Gasteiger partial charge in [-0.15, -0.1) is 0 Å². The van der Waals surface area contributed by atoms with Crippen LogP contribution in [-0.2, 0) is 11.3 Å². The number of primary amides is 1. The lowest BCUT2D eigenvalue weighted by molar-refractivity contribution is -0.118. The van der Waals surface area contributed by atoms with Crippen LogP contribution in [0.5, 0.6) is 0 Å². The molecule has 4 N–H and O–H groups in total. The van der Waals surface area contributed by atoms with Crippen molar-refractivity contribution in [1.29, 1.82) is 0 Å². The molecule has 0 aliphatic heterocycles. The average Bonchev–Trinajstić information content (AvgIpc) is 2.92. The Labute approximate surface area is 166 Å². The zero-order valence-electron chi connectivity index (χ0n) is 15.0. The molecule has 0 saturated heterocycles. The van der Waals surface area contributed by atoms with Crippen LogP contribution in [-0.4, -0.2) is 25.4 Å². The van der Waals surface area contributed by atoms with Gasteiger partial charge in [-0.3, -0.25) is 4.79 Å². The van der Waals surface area contributed by atoms with Gasteiger partial charge in [0.1, 0.15) is 6.33 Å². The molecule has 9 heteroatoms. The Bertz CT molecular complexity index is 954. The smallest absolute Gasteiger partial charge is 0.217 e. The highest BCUT2D eigenvalue weighted by molar-refractivity contribution is 7.99. The minimum atomic E-state index is -0.267. The number of nitrogen functional groups attached to an aromatic ring is 1. The number of amides is 1. The van der Waals surface area contributed by atoms with Crippen molar-refractivity contribution >= 4 is 46.3 Å². The second kappa shape index (κ2) is 8.58. The monoisotopic (exact) mass is 404 g/mol. The lowest BCUT2D eigenvalue weighted by Gasteiger charge is -2.09. The van der Waals surface area contributed by atoms with Gasteiger partial charge in [0, 0.05) is 22.9 Å². The second-order valence-electron chi connectivity index (χ2n) is 6.32. The van der Waals surface area contributed by atoms with Gasteiger partial charge in [0.2, 0.25) is 5.91 Å². The van der Waals surface area contributed by atoms with Crippen LogP contribution in [0.3, 0.4) is 0 Å². The minimum absolute atomic E-state index is 0.267. The molecule has 7 nitrogen and oxygen atoms in total. The Morgan fingerprint density at radius 3 is 2.78 bits per heavy atom. The van der Waals surface area contributed by atoms with Crippen LogP contribution in [0.15, 0.2) is 34.6 Å². The van der Waals surface area contributed by atoms with Crippen molar-refractivity contribution in [3.63, 3.8) is 0 Å². The molecular weight excluding hydrogens is 384 g/mol. The number of halogens is 1. The van der Waals surface area contributed by atoms with Crippen LogP contribution < -0.4 is 11.5 Å². The highest BCUT2D eigenvalue weighted by Gasteiger charge is 2.16. The molecular formula is C18H21ClN6OS. The number of hydrogen-bond acceptors (Lipinski definition) is 6. The summed E-state index contributed by atoms with van der Waals surface area (Å²) in [5.74, 6) is 0.0905. The SMILES string of the molecule is Cc1cc(Cl)cc(Sc2nc3c(N)ncnc3n2CCCCCC(N)=O)c1. The Kier molecular flexibility index (Phi) is 6.18. The third kappa shape index (κ3) is 4.90. The van der Waals surface area contributed by atoms with E-state index in [2.05, 4.69) is 21.0 Å². The van der Waals surface area contributed by atoms with Crippen LogP contribution in [0.2, 0.25) is 5.02 Å². The van der Waals surface area contributed by atoms with E-state index in [4.69, 9.17) is 23.1 Å². The number of rotatable bonds is 8. The maximum atomic E-state index is 10.9.